The number of ether oxygens (including phenoxy) is 3. The van der Waals surface area contributed by atoms with Crippen LogP contribution in [0.5, 0.6) is 0 Å². The summed E-state index contributed by atoms with van der Waals surface area (Å²) in [6.07, 6.45) is -13.9. The van der Waals surface area contributed by atoms with Crippen molar-refractivity contribution < 1.29 is 63.5 Å². The van der Waals surface area contributed by atoms with Gasteiger partial charge in [0, 0.05) is 18.4 Å². The molecule has 0 aromatic rings. The molecule has 1 aliphatic carbocycles. The summed E-state index contributed by atoms with van der Waals surface area (Å²) in [5, 5.41) is -5.90. The van der Waals surface area contributed by atoms with Crippen LogP contribution in [0.15, 0.2) is 12.2 Å². The van der Waals surface area contributed by atoms with Crippen LogP contribution in [-0.4, -0.2) is 66.0 Å². The highest BCUT2D eigenvalue weighted by Gasteiger charge is 2.74. The van der Waals surface area contributed by atoms with Crippen LogP contribution in [0.3, 0.4) is 0 Å². The summed E-state index contributed by atoms with van der Waals surface area (Å²) in [5.74, 6) is -6.77. The molecule has 3 aliphatic rings. The number of halogens is 5. The fraction of sp³-hybridized carbons (Fsp3) is 0.688. The Bertz CT molecular complexity index is 959. The molecule has 0 amide bonds. The first-order chi connectivity index (χ1) is 13.9. The maximum absolute atomic E-state index is 13.7. The predicted molar refractivity (Wildman–Crippen MR) is 85.9 cm³/mol. The molecule has 31 heavy (non-hydrogen) atoms. The van der Waals surface area contributed by atoms with Crippen LogP contribution < -0.4 is 0 Å². The molecule has 0 aromatic carbocycles. The van der Waals surface area contributed by atoms with Crippen LogP contribution >= 0.6 is 0 Å². The van der Waals surface area contributed by atoms with Crippen LogP contribution in [0.25, 0.3) is 0 Å². The van der Waals surface area contributed by atoms with Gasteiger partial charge in [0.25, 0.3) is 6.10 Å². The van der Waals surface area contributed by atoms with E-state index < -0.39 is 81.4 Å². The smallest absolute Gasteiger partial charge is 0.432 e. The van der Waals surface area contributed by atoms with Gasteiger partial charge in [-0.1, -0.05) is 6.58 Å². The fourth-order valence-corrected chi connectivity index (χ4v) is 4.63. The van der Waals surface area contributed by atoms with Crippen molar-refractivity contribution in [3.8, 4) is 0 Å². The average molecular weight is 478 g/mol. The standard InChI is InChI=1S/C16H15F5O9S/c1-5(2)11(23)30-14-3-6(22)8-9(7(4-14)28-10(8)14)12(24)29-13(15(17,18)19)16(20,21)31(25,26)27/h7-10,13H,1,3-4H2,2H3,(H,25,26,27). The van der Waals surface area contributed by atoms with Crippen LogP contribution in [0.2, 0.25) is 0 Å². The van der Waals surface area contributed by atoms with Crippen molar-refractivity contribution in [3.63, 3.8) is 0 Å². The zero-order chi connectivity index (χ0) is 23.7. The lowest BCUT2D eigenvalue weighted by Crippen LogP contribution is -2.54. The van der Waals surface area contributed by atoms with Gasteiger partial charge in [0.15, 0.2) is 0 Å². The Hall–Kier alpha value is -2.13. The summed E-state index contributed by atoms with van der Waals surface area (Å²) in [6.45, 7) is 4.70. The normalized spacial score (nSPS) is 33.3. The molecule has 1 N–H and O–H groups in total. The van der Waals surface area contributed by atoms with E-state index >= 15 is 0 Å². The molecule has 2 saturated heterocycles. The largest absolute Gasteiger partial charge is 0.452 e. The van der Waals surface area contributed by atoms with Gasteiger partial charge < -0.3 is 14.2 Å². The maximum Gasteiger partial charge on any atom is 0.432 e. The summed E-state index contributed by atoms with van der Waals surface area (Å²) in [4.78, 5) is 36.6. The number of alkyl halides is 5. The van der Waals surface area contributed by atoms with Crippen LogP contribution in [0.4, 0.5) is 22.0 Å². The van der Waals surface area contributed by atoms with E-state index in [2.05, 4.69) is 11.3 Å². The highest BCUT2D eigenvalue weighted by atomic mass is 32.2. The summed E-state index contributed by atoms with van der Waals surface area (Å²) >= 11 is 0. The Balaban J connectivity index is 1.86. The monoisotopic (exact) mass is 478 g/mol. The van der Waals surface area contributed by atoms with E-state index in [1.165, 1.54) is 6.92 Å². The van der Waals surface area contributed by atoms with Crippen molar-refractivity contribution in [2.24, 2.45) is 11.8 Å². The van der Waals surface area contributed by atoms with Gasteiger partial charge in [0.1, 0.15) is 17.5 Å². The van der Waals surface area contributed by atoms with Gasteiger partial charge >= 0.3 is 33.5 Å². The first kappa shape index (κ1) is 23.5. The Labute approximate surface area is 171 Å². The quantitative estimate of drug-likeness (QED) is 0.259. The molecule has 0 spiro atoms. The fourth-order valence-electron chi connectivity index (χ4n) is 4.18. The van der Waals surface area contributed by atoms with Crippen LogP contribution in [0.1, 0.15) is 19.8 Å². The lowest BCUT2D eigenvalue weighted by molar-refractivity contribution is -0.261. The second-order valence-corrected chi connectivity index (χ2v) is 9.12. The molecule has 3 fully saturated rings. The molecular weight excluding hydrogens is 463 g/mol. The van der Waals surface area contributed by atoms with Gasteiger partial charge in [-0.25, -0.2) is 4.79 Å². The van der Waals surface area contributed by atoms with Gasteiger partial charge in [-0.15, -0.1) is 0 Å². The minimum Gasteiger partial charge on any atom is -0.452 e. The number of esters is 2. The maximum atomic E-state index is 13.7. The Morgan fingerprint density at radius 2 is 1.87 bits per heavy atom. The first-order valence-electron chi connectivity index (χ1n) is 8.61. The number of hydrogen-bond acceptors (Lipinski definition) is 8. The molecule has 2 heterocycles. The van der Waals surface area contributed by atoms with Crippen molar-refractivity contribution in [2.75, 3.05) is 0 Å². The number of fused-ring (bicyclic) bond motifs is 1. The zero-order valence-corrected chi connectivity index (χ0v) is 16.3. The SMILES string of the molecule is C=C(C)C(=O)OC12CC(=O)C3C(C(=O)OC(C(F)(F)F)C(F)(F)S(=O)(=O)O)C(C1)OC32. The Morgan fingerprint density at radius 3 is 2.35 bits per heavy atom. The number of carbonyl (C=O) groups excluding carboxylic acids is 3. The summed E-state index contributed by atoms with van der Waals surface area (Å²) < 4.78 is 111. The highest BCUT2D eigenvalue weighted by molar-refractivity contribution is 7.86. The first-order valence-corrected chi connectivity index (χ1v) is 10.1. The second-order valence-electron chi connectivity index (χ2n) is 7.62. The Morgan fingerprint density at radius 1 is 1.29 bits per heavy atom. The van der Waals surface area contributed by atoms with Gasteiger partial charge in [-0.3, -0.25) is 14.1 Å². The van der Waals surface area contributed by atoms with Crippen LogP contribution in [0, 0.1) is 11.8 Å². The van der Waals surface area contributed by atoms with Crippen LogP contribution in [-0.2, 0) is 38.7 Å². The molecule has 9 nitrogen and oxygen atoms in total. The molecule has 15 heteroatoms. The van der Waals surface area contributed by atoms with Crippen molar-refractivity contribution >= 4 is 27.8 Å². The summed E-state index contributed by atoms with van der Waals surface area (Å²) in [5.41, 5.74) is -1.49. The molecular formula is C16H15F5O9S. The van der Waals surface area contributed by atoms with E-state index in [0.717, 1.165) is 0 Å². The lowest BCUT2D eigenvalue weighted by atomic mass is 9.77. The number of carbonyl (C=O) groups is 3. The topological polar surface area (TPSA) is 133 Å². The molecule has 174 valence electrons. The third-order valence-corrected chi connectivity index (χ3v) is 6.34. The van der Waals surface area contributed by atoms with Crippen molar-refractivity contribution in [1.82, 2.24) is 0 Å². The Kier molecular flexibility index (Phi) is 5.26. The van der Waals surface area contributed by atoms with E-state index in [1.807, 2.05) is 0 Å². The number of ketones is 1. The van der Waals surface area contributed by atoms with Crippen molar-refractivity contribution in [3.05, 3.63) is 12.2 Å². The number of Topliss-reactive ketones (excluding diaryl/α,β-unsaturated/α-hetero) is 1. The number of rotatable bonds is 6. The third kappa shape index (κ3) is 3.61. The summed E-state index contributed by atoms with van der Waals surface area (Å²) in [6, 6.07) is 0. The summed E-state index contributed by atoms with van der Waals surface area (Å²) in [7, 11) is -6.61. The zero-order valence-electron chi connectivity index (χ0n) is 15.5. The van der Waals surface area contributed by atoms with Gasteiger partial charge in [0.05, 0.1) is 17.9 Å². The predicted octanol–water partition coefficient (Wildman–Crippen LogP) is 1.18. The van der Waals surface area contributed by atoms with E-state index in [-0.39, 0.29) is 12.0 Å². The molecule has 1 saturated carbocycles. The lowest BCUT2D eigenvalue weighted by Gasteiger charge is -2.33. The molecule has 6 atom stereocenters. The molecule has 0 aromatic heterocycles. The molecule has 6 unspecified atom stereocenters. The molecule has 3 rings (SSSR count). The number of hydrogen-bond donors (Lipinski definition) is 1. The average Bonchev–Trinajstić information content (AvgIpc) is 3.16. The van der Waals surface area contributed by atoms with E-state index in [9.17, 15) is 44.8 Å². The van der Waals surface area contributed by atoms with E-state index in [4.69, 9.17) is 14.0 Å². The van der Waals surface area contributed by atoms with Crippen molar-refractivity contribution in [2.45, 2.75) is 55.1 Å². The minimum absolute atomic E-state index is 0.00975. The van der Waals surface area contributed by atoms with Gasteiger partial charge in [0.2, 0.25) is 0 Å². The van der Waals surface area contributed by atoms with Gasteiger partial charge in [-0.2, -0.15) is 30.4 Å². The molecule has 0 radical (unpaired) electrons. The van der Waals surface area contributed by atoms with Gasteiger partial charge in [-0.05, 0) is 6.92 Å². The van der Waals surface area contributed by atoms with Crippen molar-refractivity contribution in [1.29, 1.82) is 0 Å². The molecule has 2 bridgehead atoms. The second kappa shape index (κ2) is 6.93. The molecule has 2 aliphatic heterocycles. The highest BCUT2D eigenvalue weighted by Crippen LogP contribution is 2.58. The van der Waals surface area contributed by atoms with E-state index in [0.29, 0.717) is 0 Å². The van der Waals surface area contributed by atoms with E-state index in [1.54, 1.807) is 0 Å². The minimum atomic E-state index is -6.61. The third-order valence-electron chi connectivity index (χ3n) is 5.44.